The lowest BCUT2D eigenvalue weighted by atomic mass is 9.91. The van der Waals surface area contributed by atoms with E-state index in [1.54, 1.807) is 12.1 Å². The zero-order valence-corrected chi connectivity index (χ0v) is 21.5. The number of aliphatic imine (C=N–C) groups is 1. The van der Waals surface area contributed by atoms with Gasteiger partial charge in [0, 0.05) is 16.0 Å². The van der Waals surface area contributed by atoms with E-state index in [4.69, 9.17) is 28.3 Å². The smallest absolute Gasteiger partial charge is 0.327 e. The van der Waals surface area contributed by atoms with Crippen LogP contribution in [0.4, 0.5) is 0 Å². The fraction of sp³-hybridized carbons (Fsp3) is 0.160. The molecule has 0 bridgehead atoms. The fourth-order valence-corrected chi connectivity index (χ4v) is 4.90. The Morgan fingerprint density at radius 1 is 1.03 bits per heavy atom. The number of sulfonamides is 1. The van der Waals surface area contributed by atoms with Gasteiger partial charge in [0.05, 0.1) is 24.3 Å². The Balaban J connectivity index is 1.73. The average Bonchev–Trinajstić information content (AvgIpc) is 3.33. The lowest BCUT2D eigenvalue weighted by molar-refractivity contribution is -0.138. The van der Waals surface area contributed by atoms with Crippen LogP contribution in [0.25, 0.3) is 0 Å². The third-order valence-electron chi connectivity index (χ3n) is 5.44. The minimum absolute atomic E-state index is 0.0154. The van der Waals surface area contributed by atoms with Crippen molar-refractivity contribution in [1.29, 1.82) is 0 Å². The van der Waals surface area contributed by atoms with E-state index in [1.807, 2.05) is 42.5 Å². The molecule has 1 heterocycles. The number of guanidine groups is 1. The second kappa shape index (κ2) is 11.1. The van der Waals surface area contributed by atoms with Gasteiger partial charge in [-0.25, -0.2) is 23.1 Å². The average molecular weight is 545 g/mol. The molecule has 0 amide bonds. The van der Waals surface area contributed by atoms with E-state index >= 15 is 0 Å². The maximum absolute atomic E-state index is 13.1. The third kappa shape index (κ3) is 6.04. The molecule has 11 heteroatoms. The van der Waals surface area contributed by atoms with Gasteiger partial charge < -0.3 is 4.74 Å². The van der Waals surface area contributed by atoms with Gasteiger partial charge in [0.15, 0.2) is 0 Å². The number of carbonyl (C=O) groups is 1. The molecule has 1 aliphatic rings. The first-order chi connectivity index (χ1) is 17.3. The molecule has 8 nitrogen and oxygen atoms in total. The highest BCUT2D eigenvalue weighted by molar-refractivity contribution is 7.90. The van der Waals surface area contributed by atoms with Crippen LogP contribution in [0, 0.1) is 0 Å². The standard InChI is InChI=1S/C25H22Cl2N4O4S/c1-35-23(32)15-28-25(30-36(33,34)21-13-11-20(27)12-14-21)31-16-22(17-5-3-2-4-6-17)24(29-31)18-7-9-19(26)10-8-18/h2-14,22H,15-16H2,1H3,(H,28,30). The fourth-order valence-electron chi connectivity index (χ4n) is 3.63. The van der Waals surface area contributed by atoms with Crippen LogP contribution < -0.4 is 4.72 Å². The van der Waals surface area contributed by atoms with Gasteiger partial charge in [-0.1, -0.05) is 65.7 Å². The zero-order valence-electron chi connectivity index (χ0n) is 19.1. The maximum Gasteiger partial charge on any atom is 0.327 e. The number of ether oxygens (including phenoxy) is 1. The Morgan fingerprint density at radius 2 is 1.64 bits per heavy atom. The number of nitrogens with zero attached hydrogens (tertiary/aromatic N) is 3. The molecule has 186 valence electrons. The monoisotopic (exact) mass is 544 g/mol. The van der Waals surface area contributed by atoms with Crippen molar-refractivity contribution in [2.45, 2.75) is 10.8 Å². The van der Waals surface area contributed by atoms with Crippen molar-refractivity contribution in [3.05, 3.63) is 100 Å². The Hall–Kier alpha value is -3.40. The van der Waals surface area contributed by atoms with Gasteiger partial charge in [-0.2, -0.15) is 5.10 Å². The molecule has 0 saturated carbocycles. The van der Waals surface area contributed by atoms with Crippen molar-refractivity contribution in [2.24, 2.45) is 10.1 Å². The first kappa shape index (κ1) is 25.7. The van der Waals surface area contributed by atoms with Crippen LogP contribution in [-0.4, -0.2) is 51.3 Å². The number of esters is 1. The summed E-state index contributed by atoms with van der Waals surface area (Å²) in [6, 6.07) is 22.6. The van der Waals surface area contributed by atoms with E-state index in [1.165, 1.54) is 36.4 Å². The van der Waals surface area contributed by atoms with Crippen LogP contribution in [0.1, 0.15) is 17.0 Å². The van der Waals surface area contributed by atoms with Crippen molar-refractivity contribution in [2.75, 3.05) is 20.2 Å². The van der Waals surface area contributed by atoms with Gasteiger partial charge in [-0.15, -0.1) is 0 Å². The number of rotatable bonds is 6. The molecule has 36 heavy (non-hydrogen) atoms. The largest absolute Gasteiger partial charge is 0.468 e. The summed E-state index contributed by atoms with van der Waals surface area (Å²) in [5, 5.41) is 7.14. The topological polar surface area (TPSA) is 100 Å². The van der Waals surface area contributed by atoms with Crippen LogP contribution in [0.15, 0.2) is 93.9 Å². The molecule has 0 aliphatic carbocycles. The normalized spacial score (nSPS) is 16.0. The Morgan fingerprint density at radius 3 is 2.25 bits per heavy atom. The molecule has 1 N–H and O–H groups in total. The molecular formula is C25H22Cl2N4O4S. The molecule has 3 aromatic carbocycles. The molecule has 0 radical (unpaired) electrons. The summed E-state index contributed by atoms with van der Waals surface area (Å²) in [5.74, 6) is -0.935. The minimum atomic E-state index is -4.06. The highest BCUT2D eigenvalue weighted by Gasteiger charge is 2.33. The number of benzene rings is 3. The van der Waals surface area contributed by atoms with Crippen LogP contribution in [-0.2, 0) is 19.6 Å². The number of hydrazone groups is 1. The van der Waals surface area contributed by atoms with Crippen molar-refractivity contribution in [1.82, 2.24) is 9.73 Å². The lowest BCUT2D eigenvalue weighted by Gasteiger charge is -2.19. The van der Waals surface area contributed by atoms with Crippen LogP contribution in [0.3, 0.4) is 0 Å². The summed E-state index contributed by atoms with van der Waals surface area (Å²) < 4.78 is 33.4. The number of halogens is 2. The molecule has 0 spiro atoms. The van der Waals surface area contributed by atoms with E-state index in [0.29, 0.717) is 15.8 Å². The highest BCUT2D eigenvalue weighted by Crippen LogP contribution is 2.29. The summed E-state index contributed by atoms with van der Waals surface area (Å²) in [7, 11) is -2.83. The van der Waals surface area contributed by atoms with Crippen molar-refractivity contribution < 1.29 is 17.9 Å². The van der Waals surface area contributed by atoms with E-state index in [-0.39, 0.29) is 23.3 Å². The molecule has 1 aliphatic heterocycles. The maximum atomic E-state index is 13.1. The van der Waals surface area contributed by atoms with E-state index in [9.17, 15) is 13.2 Å². The van der Waals surface area contributed by atoms with Gasteiger partial charge in [0.1, 0.15) is 6.54 Å². The molecule has 3 aromatic rings. The number of methoxy groups -OCH3 is 1. The molecular weight excluding hydrogens is 523 g/mol. The summed E-state index contributed by atoms with van der Waals surface area (Å²) in [6.45, 7) is -0.113. The number of hydrogen-bond donors (Lipinski definition) is 1. The quantitative estimate of drug-likeness (QED) is 0.283. The van der Waals surface area contributed by atoms with Gasteiger partial charge in [0.2, 0.25) is 5.96 Å². The molecule has 4 rings (SSSR count). The second-order valence-corrected chi connectivity index (χ2v) is 10.4. The van der Waals surface area contributed by atoms with Crippen LogP contribution >= 0.6 is 23.2 Å². The van der Waals surface area contributed by atoms with Gasteiger partial charge >= 0.3 is 5.97 Å². The summed E-state index contributed by atoms with van der Waals surface area (Å²) in [5.41, 5.74) is 2.51. The first-order valence-corrected chi connectivity index (χ1v) is 13.1. The van der Waals surface area contributed by atoms with E-state index in [0.717, 1.165) is 11.1 Å². The van der Waals surface area contributed by atoms with Crippen molar-refractivity contribution in [3.8, 4) is 0 Å². The molecule has 1 unspecified atom stereocenters. The summed E-state index contributed by atoms with van der Waals surface area (Å²) >= 11 is 12.0. The summed E-state index contributed by atoms with van der Waals surface area (Å²) in [4.78, 5) is 16.0. The van der Waals surface area contributed by atoms with E-state index < -0.39 is 22.5 Å². The van der Waals surface area contributed by atoms with Crippen molar-refractivity contribution >= 4 is 50.9 Å². The number of hydrogen-bond acceptors (Lipinski definition) is 6. The summed E-state index contributed by atoms with van der Waals surface area (Å²) in [6.07, 6.45) is 0. The second-order valence-electron chi connectivity index (χ2n) is 7.81. The Kier molecular flexibility index (Phi) is 7.93. The highest BCUT2D eigenvalue weighted by atomic mass is 35.5. The zero-order chi connectivity index (χ0) is 25.7. The molecule has 1 atom stereocenters. The van der Waals surface area contributed by atoms with Crippen LogP contribution in [0.5, 0.6) is 0 Å². The van der Waals surface area contributed by atoms with Crippen molar-refractivity contribution in [3.63, 3.8) is 0 Å². The molecule has 0 fully saturated rings. The third-order valence-corrected chi connectivity index (χ3v) is 7.28. The van der Waals surface area contributed by atoms with Gasteiger partial charge in [-0.05, 0) is 47.5 Å². The van der Waals surface area contributed by atoms with E-state index in [2.05, 4.69) is 14.5 Å². The Bertz CT molecular complexity index is 1390. The lowest BCUT2D eigenvalue weighted by Crippen LogP contribution is -2.41. The van der Waals surface area contributed by atoms with Crippen LogP contribution in [0.2, 0.25) is 10.0 Å². The first-order valence-electron chi connectivity index (χ1n) is 10.8. The minimum Gasteiger partial charge on any atom is -0.468 e. The van der Waals surface area contributed by atoms with Gasteiger partial charge in [-0.3, -0.25) is 4.79 Å². The number of nitrogens with one attached hydrogen (secondary N) is 1. The predicted molar refractivity (Wildman–Crippen MR) is 140 cm³/mol. The Labute approximate surface area is 219 Å². The number of carbonyl (C=O) groups excluding carboxylic acids is 1. The molecule has 0 aromatic heterocycles. The SMILES string of the molecule is COC(=O)CN=C(NS(=O)(=O)c1ccc(Cl)cc1)N1CC(c2ccccc2)C(c2ccc(Cl)cc2)=N1. The predicted octanol–water partition coefficient (Wildman–Crippen LogP) is 4.30. The van der Waals surface area contributed by atoms with Gasteiger partial charge in [0.25, 0.3) is 10.0 Å². The molecule has 0 saturated heterocycles.